The predicted molar refractivity (Wildman–Crippen MR) is 97.0 cm³/mol. The van der Waals surface area contributed by atoms with E-state index >= 15 is 0 Å². The number of aromatic nitrogens is 1. The molecule has 7 heteroatoms. The predicted octanol–water partition coefficient (Wildman–Crippen LogP) is 2.58. The van der Waals surface area contributed by atoms with Crippen molar-refractivity contribution in [3.8, 4) is 0 Å². The summed E-state index contributed by atoms with van der Waals surface area (Å²) < 4.78 is 29.1. The Morgan fingerprint density at radius 3 is 2.62 bits per heavy atom. The van der Waals surface area contributed by atoms with Gasteiger partial charge in [0.25, 0.3) is 0 Å². The Kier molecular flexibility index (Phi) is 4.66. The highest BCUT2D eigenvalue weighted by Crippen LogP contribution is 2.22. The molecule has 0 saturated heterocycles. The Labute approximate surface area is 143 Å². The van der Waals surface area contributed by atoms with Gasteiger partial charge in [0.15, 0.2) is 0 Å². The molecule has 0 spiro atoms. The Hall–Kier alpha value is -2.22. The fourth-order valence-electron chi connectivity index (χ4n) is 2.38. The van der Waals surface area contributed by atoms with Crippen molar-refractivity contribution < 1.29 is 8.42 Å². The Morgan fingerprint density at radius 1 is 1.17 bits per heavy atom. The van der Waals surface area contributed by atoms with Gasteiger partial charge >= 0.3 is 4.87 Å². The molecule has 0 radical (unpaired) electrons. The van der Waals surface area contributed by atoms with Gasteiger partial charge in [-0.2, -0.15) is 0 Å². The van der Waals surface area contributed by atoms with Crippen LogP contribution in [0, 0.1) is 0 Å². The zero-order valence-corrected chi connectivity index (χ0v) is 14.4. The fraction of sp³-hybridized carbons (Fsp3) is 0.118. The number of hydrogen-bond donors (Lipinski definition) is 1. The third-order valence-electron chi connectivity index (χ3n) is 3.55. The van der Waals surface area contributed by atoms with Gasteiger partial charge < -0.3 is 0 Å². The van der Waals surface area contributed by atoms with Gasteiger partial charge in [-0.25, -0.2) is 13.1 Å². The summed E-state index contributed by atoms with van der Waals surface area (Å²) in [5.41, 5.74) is 1.75. The van der Waals surface area contributed by atoms with Crippen LogP contribution in [0.4, 0.5) is 0 Å². The number of rotatable bonds is 6. The Balaban J connectivity index is 2.01. The molecule has 0 fully saturated rings. The molecule has 24 heavy (non-hydrogen) atoms. The molecule has 0 aliphatic heterocycles. The standard InChI is InChI=1S/C17H16N2O3S2/c1-2-10-18-24(21,22)14-8-9-15-16(11-14)23-17(20)19(15)12-13-6-4-3-5-7-13/h2-9,11,18H,1,10,12H2. The lowest BCUT2D eigenvalue weighted by atomic mass is 10.2. The second-order valence-corrected chi connectivity index (χ2v) is 7.97. The van der Waals surface area contributed by atoms with E-state index in [-0.39, 0.29) is 16.3 Å². The van der Waals surface area contributed by atoms with E-state index in [2.05, 4.69) is 11.3 Å². The van der Waals surface area contributed by atoms with Crippen LogP contribution >= 0.6 is 11.3 Å². The summed E-state index contributed by atoms with van der Waals surface area (Å²) >= 11 is 1.05. The Morgan fingerprint density at radius 2 is 1.92 bits per heavy atom. The molecule has 0 atom stereocenters. The smallest absolute Gasteiger partial charge is 0.294 e. The normalized spacial score (nSPS) is 11.7. The maximum Gasteiger partial charge on any atom is 0.308 e. The number of fused-ring (bicyclic) bond motifs is 1. The monoisotopic (exact) mass is 360 g/mol. The molecular weight excluding hydrogens is 344 g/mol. The number of hydrogen-bond acceptors (Lipinski definition) is 4. The summed E-state index contributed by atoms with van der Waals surface area (Å²) in [6.45, 7) is 4.11. The molecule has 0 aliphatic carbocycles. The molecule has 3 aromatic rings. The van der Waals surface area contributed by atoms with Gasteiger partial charge in [-0.05, 0) is 23.8 Å². The molecule has 0 saturated carbocycles. The summed E-state index contributed by atoms with van der Waals surface area (Å²) in [6, 6.07) is 14.4. The Bertz CT molecular complexity index is 1030. The van der Waals surface area contributed by atoms with E-state index in [1.54, 1.807) is 10.6 Å². The third kappa shape index (κ3) is 3.33. The summed E-state index contributed by atoms with van der Waals surface area (Å²) in [5, 5.41) is 0. The van der Waals surface area contributed by atoms with Crippen LogP contribution in [-0.2, 0) is 16.6 Å². The van der Waals surface area contributed by atoms with Crippen molar-refractivity contribution in [2.24, 2.45) is 0 Å². The van der Waals surface area contributed by atoms with Gasteiger partial charge in [0.05, 0.1) is 21.7 Å². The first-order chi connectivity index (χ1) is 11.5. The molecule has 1 heterocycles. The average molecular weight is 360 g/mol. The molecule has 124 valence electrons. The highest BCUT2D eigenvalue weighted by molar-refractivity contribution is 7.89. The highest BCUT2D eigenvalue weighted by Gasteiger charge is 2.16. The first-order valence-corrected chi connectivity index (χ1v) is 9.59. The van der Waals surface area contributed by atoms with Crippen LogP contribution < -0.4 is 9.60 Å². The van der Waals surface area contributed by atoms with Crippen molar-refractivity contribution in [1.82, 2.24) is 9.29 Å². The quantitative estimate of drug-likeness (QED) is 0.687. The molecular formula is C17H16N2O3S2. The summed E-state index contributed by atoms with van der Waals surface area (Å²) in [4.78, 5) is 12.3. The minimum Gasteiger partial charge on any atom is -0.294 e. The van der Waals surface area contributed by atoms with Crippen molar-refractivity contribution in [2.75, 3.05) is 6.54 Å². The van der Waals surface area contributed by atoms with Gasteiger partial charge in [0, 0.05) is 6.54 Å². The topological polar surface area (TPSA) is 68.2 Å². The molecule has 1 N–H and O–H groups in total. The lowest BCUT2D eigenvalue weighted by Crippen LogP contribution is -2.23. The SMILES string of the molecule is C=CCNS(=O)(=O)c1ccc2c(c1)sc(=O)n2Cc1ccccc1. The molecule has 0 bridgehead atoms. The first-order valence-electron chi connectivity index (χ1n) is 7.29. The van der Waals surface area contributed by atoms with Crippen molar-refractivity contribution in [2.45, 2.75) is 11.4 Å². The van der Waals surface area contributed by atoms with E-state index in [9.17, 15) is 13.2 Å². The molecule has 0 unspecified atom stereocenters. The lowest BCUT2D eigenvalue weighted by Gasteiger charge is -2.06. The largest absolute Gasteiger partial charge is 0.308 e. The fourth-order valence-corrected chi connectivity index (χ4v) is 4.41. The van der Waals surface area contributed by atoms with Crippen LogP contribution in [0.3, 0.4) is 0 Å². The zero-order chi connectivity index (χ0) is 17.2. The van der Waals surface area contributed by atoms with Gasteiger partial charge in [-0.1, -0.05) is 47.7 Å². The summed E-state index contributed by atoms with van der Waals surface area (Å²) in [6.07, 6.45) is 1.48. The number of thiazole rings is 1. The van der Waals surface area contributed by atoms with Gasteiger partial charge in [-0.15, -0.1) is 6.58 Å². The van der Waals surface area contributed by atoms with E-state index in [0.717, 1.165) is 22.4 Å². The minimum atomic E-state index is -3.60. The molecule has 2 aromatic carbocycles. The van der Waals surface area contributed by atoms with E-state index in [4.69, 9.17) is 0 Å². The highest BCUT2D eigenvalue weighted by atomic mass is 32.2. The molecule has 0 amide bonds. The molecule has 1 aromatic heterocycles. The van der Waals surface area contributed by atoms with Crippen LogP contribution in [0.25, 0.3) is 10.2 Å². The van der Waals surface area contributed by atoms with E-state index in [1.807, 2.05) is 30.3 Å². The van der Waals surface area contributed by atoms with E-state index in [0.29, 0.717) is 11.2 Å². The van der Waals surface area contributed by atoms with Gasteiger partial charge in [-0.3, -0.25) is 9.36 Å². The molecule has 0 aliphatic rings. The van der Waals surface area contributed by atoms with Gasteiger partial charge in [0.2, 0.25) is 10.0 Å². The average Bonchev–Trinajstić information content (AvgIpc) is 2.89. The maximum absolute atomic E-state index is 12.3. The zero-order valence-electron chi connectivity index (χ0n) is 12.8. The first kappa shape index (κ1) is 16.6. The van der Waals surface area contributed by atoms with Crippen LogP contribution in [0.2, 0.25) is 0 Å². The number of sulfonamides is 1. The minimum absolute atomic E-state index is 0.109. The van der Waals surface area contributed by atoms with Gasteiger partial charge in [0.1, 0.15) is 0 Å². The summed E-state index contributed by atoms with van der Waals surface area (Å²) in [5.74, 6) is 0. The molecule has 5 nitrogen and oxygen atoms in total. The number of benzene rings is 2. The van der Waals surface area contributed by atoms with Crippen molar-refractivity contribution in [3.05, 3.63) is 76.4 Å². The van der Waals surface area contributed by atoms with Crippen LogP contribution in [0.15, 0.2) is 70.9 Å². The van der Waals surface area contributed by atoms with Crippen LogP contribution in [0.1, 0.15) is 5.56 Å². The van der Waals surface area contributed by atoms with Crippen molar-refractivity contribution in [1.29, 1.82) is 0 Å². The number of nitrogens with one attached hydrogen (secondary N) is 1. The van der Waals surface area contributed by atoms with E-state index < -0.39 is 10.0 Å². The van der Waals surface area contributed by atoms with Crippen LogP contribution in [0.5, 0.6) is 0 Å². The second kappa shape index (κ2) is 6.72. The maximum atomic E-state index is 12.3. The third-order valence-corrected chi connectivity index (χ3v) is 5.91. The van der Waals surface area contributed by atoms with Crippen LogP contribution in [-0.4, -0.2) is 19.5 Å². The summed E-state index contributed by atoms with van der Waals surface area (Å²) in [7, 11) is -3.60. The van der Waals surface area contributed by atoms with Crippen molar-refractivity contribution >= 4 is 31.6 Å². The van der Waals surface area contributed by atoms with Crippen molar-refractivity contribution in [3.63, 3.8) is 0 Å². The molecule has 3 rings (SSSR count). The lowest BCUT2D eigenvalue weighted by molar-refractivity contribution is 0.586. The second-order valence-electron chi connectivity index (χ2n) is 5.21. The number of nitrogens with zero attached hydrogens (tertiary/aromatic N) is 1. The van der Waals surface area contributed by atoms with E-state index in [1.165, 1.54) is 18.2 Å².